The molecule has 0 aromatic heterocycles. The monoisotopic (exact) mass is 164 g/mol. The number of nitrogens with zero attached hydrogens (tertiary/aromatic N) is 2. The van der Waals surface area contributed by atoms with E-state index in [4.69, 9.17) is 20.2 Å². The average Bonchev–Trinajstić information content (AvgIpc) is 1.25. The summed E-state index contributed by atoms with van der Waals surface area (Å²) in [6, 6.07) is 0. The largest absolute Gasteiger partial charge is 1.00 e. The molecule has 0 aliphatic rings. The summed E-state index contributed by atoms with van der Waals surface area (Å²) in [6.45, 7) is 0. The summed E-state index contributed by atoms with van der Waals surface area (Å²) in [5.41, 5.74) is 0. The maximum atomic E-state index is 8.58. The Kier molecular flexibility index (Phi) is 19.4. The summed E-state index contributed by atoms with van der Waals surface area (Å²) < 4.78 is 0. The Balaban J connectivity index is -0.0000000300. The van der Waals surface area contributed by atoms with Crippen molar-refractivity contribution in [2.75, 3.05) is 0 Å². The zero-order chi connectivity index (χ0) is 7.15. The van der Waals surface area contributed by atoms with Crippen LogP contribution in [0.2, 0.25) is 0 Å². The van der Waals surface area contributed by atoms with Gasteiger partial charge < -0.3 is 1.43 Å². The summed E-state index contributed by atoms with van der Waals surface area (Å²) in [5.74, 6) is 7.67. The molecule has 0 aliphatic carbocycles. The van der Waals surface area contributed by atoms with Gasteiger partial charge in [0.25, 0.3) is 0 Å². The standard InChI is InChI=1S/K.2H2N2O2.H/c;2*1-2(3)4;/h;2*1H2;/q+1;;;-1. The molecule has 9 heavy (non-hydrogen) atoms. The molecule has 0 amide bonds. The molecule has 0 aromatic carbocycles. The van der Waals surface area contributed by atoms with Crippen molar-refractivity contribution in [2.45, 2.75) is 0 Å². The molecule has 0 unspecified atom stereocenters. The van der Waals surface area contributed by atoms with E-state index >= 15 is 0 Å². The van der Waals surface area contributed by atoms with Gasteiger partial charge in [-0.15, -0.1) is 0 Å². The van der Waals surface area contributed by atoms with E-state index in [1.807, 2.05) is 0 Å². The minimum Gasteiger partial charge on any atom is -1.00 e. The van der Waals surface area contributed by atoms with Gasteiger partial charge in [-0.1, -0.05) is 0 Å². The van der Waals surface area contributed by atoms with E-state index < -0.39 is 10.1 Å². The van der Waals surface area contributed by atoms with E-state index in [9.17, 15) is 0 Å². The van der Waals surface area contributed by atoms with Crippen molar-refractivity contribution in [3.63, 3.8) is 0 Å². The molecule has 9 heteroatoms. The second-order valence-electron chi connectivity index (χ2n) is 0.571. The van der Waals surface area contributed by atoms with E-state index in [0.29, 0.717) is 0 Å². The van der Waals surface area contributed by atoms with Gasteiger partial charge in [-0.05, 0) is 0 Å². The van der Waals surface area contributed by atoms with Gasteiger partial charge in [0.2, 0.25) is 0 Å². The zero-order valence-corrected chi connectivity index (χ0v) is 7.81. The third-order valence-corrected chi connectivity index (χ3v) is 0. The fourth-order valence-corrected chi connectivity index (χ4v) is 0. The van der Waals surface area contributed by atoms with Crippen molar-refractivity contribution in [3.8, 4) is 0 Å². The van der Waals surface area contributed by atoms with Gasteiger partial charge in [0.05, 0.1) is 0 Å². The molecule has 0 aliphatic heterocycles. The van der Waals surface area contributed by atoms with Crippen LogP contribution in [0, 0.1) is 20.2 Å². The van der Waals surface area contributed by atoms with Gasteiger partial charge in [-0.25, -0.2) is 20.2 Å². The molecule has 50 valence electrons. The fourth-order valence-electron chi connectivity index (χ4n) is 0. The van der Waals surface area contributed by atoms with Crippen LogP contribution >= 0.6 is 0 Å². The van der Waals surface area contributed by atoms with Crippen molar-refractivity contribution in [1.82, 2.24) is 0 Å². The summed E-state index contributed by atoms with van der Waals surface area (Å²) in [7, 11) is 0. The van der Waals surface area contributed by atoms with Crippen LogP contribution in [0.4, 0.5) is 0 Å². The third-order valence-electron chi connectivity index (χ3n) is 0. The van der Waals surface area contributed by atoms with E-state index in [2.05, 4.69) is 11.7 Å². The number of nitrogens with two attached hydrogens (primary N) is 2. The van der Waals surface area contributed by atoms with Crippen molar-refractivity contribution in [1.29, 1.82) is 0 Å². The molecule has 4 N–H and O–H groups in total. The maximum Gasteiger partial charge on any atom is 1.00 e. The Bertz CT molecular complexity index is 75.3. The second kappa shape index (κ2) is 10.9. The molecule has 0 spiro atoms. The molecule has 0 bridgehead atoms. The van der Waals surface area contributed by atoms with Crippen LogP contribution < -0.4 is 63.1 Å². The molecule has 0 fully saturated rings. The van der Waals surface area contributed by atoms with Crippen molar-refractivity contribution in [3.05, 3.63) is 20.2 Å². The first-order chi connectivity index (χ1) is 3.46. The molecule has 0 saturated carbocycles. The molecule has 0 radical (unpaired) electrons. The molecular formula is H5KN4O4. The van der Waals surface area contributed by atoms with Crippen LogP contribution in [-0.2, 0) is 0 Å². The number of hydrogen-bond donors (Lipinski definition) is 2. The summed E-state index contributed by atoms with van der Waals surface area (Å²) >= 11 is 0. The average molecular weight is 164 g/mol. The Hall–Kier alpha value is 0.0364. The molecule has 8 nitrogen and oxygen atoms in total. The van der Waals surface area contributed by atoms with Crippen LogP contribution in [0.15, 0.2) is 0 Å². The molecule has 0 rings (SSSR count). The first-order valence-corrected chi connectivity index (χ1v) is 1.25. The van der Waals surface area contributed by atoms with Crippen molar-refractivity contribution in [2.24, 2.45) is 11.7 Å². The molecular weight excluding hydrogens is 159 g/mol. The number of rotatable bonds is 0. The predicted octanol–water partition coefficient (Wildman–Crippen LogP) is -4.61. The zero-order valence-electron chi connectivity index (χ0n) is 5.68. The number of hydrogen-bond acceptors (Lipinski definition) is 4. The van der Waals surface area contributed by atoms with Crippen LogP contribution in [0.1, 0.15) is 1.43 Å². The van der Waals surface area contributed by atoms with Crippen molar-refractivity contribution >= 4 is 0 Å². The predicted molar refractivity (Wildman–Crippen MR) is 23.5 cm³/mol. The topological polar surface area (TPSA) is 138 Å². The van der Waals surface area contributed by atoms with E-state index in [1.165, 1.54) is 0 Å². The van der Waals surface area contributed by atoms with Gasteiger partial charge in [0, 0.05) is 0 Å². The Morgan fingerprint density at radius 2 is 1.11 bits per heavy atom. The molecule has 0 heterocycles. The van der Waals surface area contributed by atoms with Crippen LogP contribution in [-0.4, -0.2) is 10.1 Å². The second-order valence-corrected chi connectivity index (χ2v) is 0.571. The first-order valence-electron chi connectivity index (χ1n) is 1.25. The van der Waals surface area contributed by atoms with Crippen molar-refractivity contribution < 1.29 is 62.9 Å². The minimum absolute atomic E-state index is 0. The van der Waals surface area contributed by atoms with E-state index in [0.717, 1.165) is 0 Å². The Morgan fingerprint density at radius 3 is 1.11 bits per heavy atom. The normalized spacial score (nSPS) is 5.33. The van der Waals surface area contributed by atoms with Gasteiger partial charge >= 0.3 is 51.4 Å². The molecule has 0 saturated heterocycles. The summed E-state index contributed by atoms with van der Waals surface area (Å²) in [4.78, 5) is 17.2. The molecule has 0 aromatic rings. The quantitative estimate of drug-likeness (QED) is 0.160. The van der Waals surface area contributed by atoms with E-state index in [1.54, 1.807) is 0 Å². The molecule has 0 atom stereocenters. The number of hydrazine groups is 2. The minimum atomic E-state index is -1.00. The third kappa shape index (κ3) is 221000. The fraction of sp³-hybridized carbons (Fsp3) is 0. The smallest absolute Gasteiger partial charge is 1.00 e. The van der Waals surface area contributed by atoms with Gasteiger partial charge in [0.15, 0.2) is 10.1 Å². The Morgan fingerprint density at radius 1 is 1.11 bits per heavy atom. The van der Waals surface area contributed by atoms with Crippen LogP contribution in [0.5, 0.6) is 0 Å². The van der Waals surface area contributed by atoms with Gasteiger partial charge in [-0.2, -0.15) is 11.7 Å². The Labute approximate surface area is 93.7 Å². The number of nitro groups is 2. The van der Waals surface area contributed by atoms with Gasteiger partial charge in [0.1, 0.15) is 0 Å². The summed E-state index contributed by atoms with van der Waals surface area (Å²) in [6.07, 6.45) is 0. The van der Waals surface area contributed by atoms with Gasteiger partial charge in [-0.3, -0.25) is 0 Å². The first kappa shape index (κ1) is 16.0. The van der Waals surface area contributed by atoms with Crippen LogP contribution in [0.3, 0.4) is 0 Å². The maximum absolute atomic E-state index is 8.58. The van der Waals surface area contributed by atoms with E-state index in [-0.39, 0.29) is 52.8 Å². The SMILES string of the molecule is N[N+](=O)[O-].N[N+](=O)[O-].[H-].[K+]. The van der Waals surface area contributed by atoms with Crippen LogP contribution in [0.25, 0.3) is 0 Å². The summed E-state index contributed by atoms with van der Waals surface area (Å²) in [5, 5.41) is 15.2.